The summed E-state index contributed by atoms with van der Waals surface area (Å²) in [7, 11) is 0. The number of carbonyl (C=O) groups excluding carboxylic acids is 1. The Kier molecular flexibility index (Phi) is 2.87. The van der Waals surface area contributed by atoms with Crippen LogP contribution in [0.25, 0.3) is 10.9 Å². The molecule has 5 nitrogen and oxygen atoms in total. The number of amides is 1. The fourth-order valence-electron chi connectivity index (χ4n) is 2.05. The van der Waals surface area contributed by atoms with Crippen molar-refractivity contribution in [3.8, 4) is 0 Å². The molecule has 0 unspecified atom stereocenters. The maximum Gasteiger partial charge on any atom is 0.255 e. The van der Waals surface area contributed by atoms with Crippen LogP contribution in [0.15, 0.2) is 42.6 Å². The molecule has 100 valence electrons. The first kappa shape index (κ1) is 12.2. The summed E-state index contributed by atoms with van der Waals surface area (Å²) < 4.78 is 0. The molecule has 0 spiro atoms. The van der Waals surface area contributed by atoms with Gasteiger partial charge in [0.1, 0.15) is 0 Å². The predicted octanol–water partition coefficient (Wildman–Crippen LogP) is 2.71. The summed E-state index contributed by atoms with van der Waals surface area (Å²) in [6.07, 6.45) is 1.72. The molecule has 0 bridgehead atoms. The van der Waals surface area contributed by atoms with Crippen LogP contribution in [-0.4, -0.2) is 16.1 Å². The number of aryl methyl sites for hydroxylation is 1. The Morgan fingerprint density at radius 3 is 2.95 bits per heavy atom. The van der Waals surface area contributed by atoms with Crippen molar-refractivity contribution < 1.29 is 4.79 Å². The Morgan fingerprint density at radius 1 is 1.30 bits per heavy atom. The molecule has 0 aliphatic rings. The first-order chi connectivity index (χ1) is 9.65. The van der Waals surface area contributed by atoms with Gasteiger partial charge in [-0.3, -0.25) is 9.89 Å². The minimum absolute atomic E-state index is 0.196. The van der Waals surface area contributed by atoms with E-state index in [0.717, 1.165) is 16.5 Å². The summed E-state index contributed by atoms with van der Waals surface area (Å²) in [5.41, 5.74) is 9.43. The molecule has 0 fully saturated rings. The molecule has 0 atom stereocenters. The van der Waals surface area contributed by atoms with Crippen LogP contribution in [-0.2, 0) is 0 Å². The van der Waals surface area contributed by atoms with Crippen LogP contribution in [0.3, 0.4) is 0 Å². The topological polar surface area (TPSA) is 83.8 Å². The van der Waals surface area contributed by atoms with Crippen molar-refractivity contribution in [1.29, 1.82) is 0 Å². The van der Waals surface area contributed by atoms with E-state index < -0.39 is 0 Å². The molecular formula is C15H14N4O. The number of hydrogen-bond acceptors (Lipinski definition) is 3. The minimum Gasteiger partial charge on any atom is -0.398 e. The first-order valence-corrected chi connectivity index (χ1v) is 6.25. The summed E-state index contributed by atoms with van der Waals surface area (Å²) in [6, 6.07) is 10.9. The van der Waals surface area contributed by atoms with Crippen LogP contribution < -0.4 is 11.1 Å². The first-order valence-electron chi connectivity index (χ1n) is 6.25. The fourth-order valence-corrected chi connectivity index (χ4v) is 2.05. The summed E-state index contributed by atoms with van der Waals surface area (Å²) >= 11 is 0. The van der Waals surface area contributed by atoms with Gasteiger partial charge in [0.25, 0.3) is 5.91 Å². The Hall–Kier alpha value is -2.82. The normalized spacial score (nSPS) is 10.7. The van der Waals surface area contributed by atoms with E-state index >= 15 is 0 Å². The van der Waals surface area contributed by atoms with E-state index in [1.165, 1.54) is 0 Å². The van der Waals surface area contributed by atoms with Gasteiger partial charge in [-0.25, -0.2) is 0 Å². The van der Waals surface area contributed by atoms with Crippen LogP contribution in [0.2, 0.25) is 0 Å². The second-order valence-corrected chi connectivity index (χ2v) is 4.67. The maximum absolute atomic E-state index is 12.2. The molecule has 2 aromatic carbocycles. The van der Waals surface area contributed by atoms with Gasteiger partial charge < -0.3 is 11.1 Å². The van der Waals surface area contributed by atoms with E-state index in [0.29, 0.717) is 16.9 Å². The third kappa shape index (κ3) is 2.09. The molecule has 0 aliphatic heterocycles. The number of nitrogen functional groups attached to an aromatic ring is 1. The zero-order valence-electron chi connectivity index (χ0n) is 11.0. The van der Waals surface area contributed by atoms with Crippen molar-refractivity contribution in [2.75, 3.05) is 11.1 Å². The highest BCUT2D eigenvalue weighted by molar-refractivity contribution is 6.08. The minimum atomic E-state index is -0.196. The molecule has 0 saturated carbocycles. The van der Waals surface area contributed by atoms with Gasteiger partial charge in [0.05, 0.1) is 17.4 Å². The van der Waals surface area contributed by atoms with Crippen molar-refractivity contribution >= 4 is 28.2 Å². The smallest absolute Gasteiger partial charge is 0.255 e. The third-order valence-electron chi connectivity index (χ3n) is 3.27. The Bertz CT molecular complexity index is 791. The number of carbonyl (C=O) groups is 1. The van der Waals surface area contributed by atoms with Gasteiger partial charge in [0.2, 0.25) is 0 Å². The number of para-hydroxylation sites is 1. The van der Waals surface area contributed by atoms with Gasteiger partial charge >= 0.3 is 0 Å². The number of hydrogen-bond donors (Lipinski definition) is 3. The maximum atomic E-state index is 12.2. The molecule has 1 aromatic heterocycles. The molecule has 0 aliphatic carbocycles. The predicted molar refractivity (Wildman–Crippen MR) is 79.6 cm³/mol. The highest BCUT2D eigenvalue weighted by atomic mass is 16.1. The molecule has 20 heavy (non-hydrogen) atoms. The lowest BCUT2D eigenvalue weighted by molar-refractivity contribution is 0.102. The van der Waals surface area contributed by atoms with Crippen molar-refractivity contribution in [3.05, 3.63) is 53.7 Å². The molecule has 0 saturated heterocycles. The number of rotatable bonds is 2. The SMILES string of the molecule is Cc1ccc(C(=O)Nc2cccc3cn[nH]c23)cc1N. The van der Waals surface area contributed by atoms with Gasteiger partial charge in [-0.15, -0.1) is 0 Å². The lowest BCUT2D eigenvalue weighted by Gasteiger charge is -2.08. The van der Waals surface area contributed by atoms with Gasteiger partial charge in [0.15, 0.2) is 0 Å². The molecule has 5 heteroatoms. The Balaban J connectivity index is 1.92. The zero-order valence-corrected chi connectivity index (χ0v) is 11.0. The Morgan fingerprint density at radius 2 is 2.15 bits per heavy atom. The van der Waals surface area contributed by atoms with E-state index in [-0.39, 0.29) is 5.91 Å². The number of nitrogens with zero attached hydrogens (tertiary/aromatic N) is 1. The molecule has 1 amide bonds. The Labute approximate surface area is 115 Å². The third-order valence-corrected chi connectivity index (χ3v) is 3.27. The van der Waals surface area contributed by atoms with Crippen molar-refractivity contribution in [3.63, 3.8) is 0 Å². The fraction of sp³-hybridized carbons (Fsp3) is 0.0667. The number of nitrogens with one attached hydrogen (secondary N) is 2. The van der Waals surface area contributed by atoms with Crippen LogP contribution in [0.5, 0.6) is 0 Å². The van der Waals surface area contributed by atoms with Crippen molar-refractivity contribution in [2.45, 2.75) is 6.92 Å². The quantitative estimate of drug-likeness (QED) is 0.623. The number of aromatic nitrogens is 2. The largest absolute Gasteiger partial charge is 0.398 e. The molecule has 3 rings (SSSR count). The van der Waals surface area contributed by atoms with Crippen molar-refractivity contribution in [2.24, 2.45) is 0 Å². The van der Waals surface area contributed by atoms with Gasteiger partial charge in [-0.05, 0) is 30.7 Å². The van der Waals surface area contributed by atoms with Crippen LogP contribution in [0.1, 0.15) is 15.9 Å². The average molecular weight is 266 g/mol. The molecule has 1 heterocycles. The lowest BCUT2D eigenvalue weighted by Crippen LogP contribution is -2.12. The zero-order chi connectivity index (χ0) is 14.1. The van der Waals surface area contributed by atoms with Crippen LogP contribution in [0, 0.1) is 6.92 Å². The summed E-state index contributed by atoms with van der Waals surface area (Å²) in [4.78, 5) is 12.2. The second-order valence-electron chi connectivity index (χ2n) is 4.67. The van der Waals surface area contributed by atoms with Gasteiger partial charge in [-0.2, -0.15) is 5.10 Å². The summed E-state index contributed by atoms with van der Waals surface area (Å²) in [6.45, 7) is 1.91. The van der Waals surface area contributed by atoms with Gasteiger partial charge in [-0.1, -0.05) is 18.2 Å². The second kappa shape index (κ2) is 4.70. The van der Waals surface area contributed by atoms with E-state index in [2.05, 4.69) is 15.5 Å². The van der Waals surface area contributed by atoms with E-state index in [1.54, 1.807) is 18.3 Å². The molecule has 0 radical (unpaired) electrons. The van der Waals surface area contributed by atoms with Crippen molar-refractivity contribution in [1.82, 2.24) is 10.2 Å². The average Bonchev–Trinajstić information content (AvgIpc) is 2.91. The number of fused-ring (bicyclic) bond motifs is 1. The van der Waals surface area contributed by atoms with Crippen LogP contribution >= 0.6 is 0 Å². The van der Waals surface area contributed by atoms with E-state index in [4.69, 9.17) is 5.73 Å². The van der Waals surface area contributed by atoms with E-state index in [9.17, 15) is 4.79 Å². The molecule has 4 N–H and O–H groups in total. The molecular weight excluding hydrogens is 252 g/mol. The monoisotopic (exact) mass is 266 g/mol. The number of nitrogens with two attached hydrogens (primary N) is 1. The number of H-pyrrole nitrogens is 1. The van der Waals surface area contributed by atoms with E-state index in [1.807, 2.05) is 31.2 Å². The number of anilines is 2. The van der Waals surface area contributed by atoms with Gasteiger partial charge in [0, 0.05) is 16.6 Å². The standard InChI is InChI=1S/C15H14N4O/c1-9-5-6-10(7-12(9)16)15(20)18-13-4-2-3-11-8-17-19-14(11)13/h2-8H,16H2,1H3,(H,17,19)(H,18,20). The highest BCUT2D eigenvalue weighted by Crippen LogP contribution is 2.21. The lowest BCUT2D eigenvalue weighted by atomic mass is 10.1. The summed E-state index contributed by atoms with van der Waals surface area (Å²) in [5, 5.41) is 10.7. The number of benzene rings is 2. The molecule has 3 aromatic rings. The van der Waals surface area contributed by atoms with Crippen LogP contribution in [0.4, 0.5) is 11.4 Å². The number of aromatic amines is 1. The summed E-state index contributed by atoms with van der Waals surface area (Å²) in [5.74, 6) is -0.196. The highest BCUT2D eigenvalue weighted by Gasteiger charge is 2.10.